The Labute approximate surface area is 114 Å². The van der Waals surface area contributed by atoms with E-state index in [0.717, 1.165) is 25.9 Å². The molecule has 0 saturated heterocycles. The van der Waals surface area contributed by atoms with E-state index in [1.54, 1.807) is 12.1 Å². The van der Waals surface area contributed by atoms with Gasteiger partial charge in [-0.1, -0.05) is 12.1 Å². The number of nitrogens with zero attached hydrogens (tertiary/aromatic N) is 2. The summed E-state index contributed by atoms with van der Waals surface area (Å²) in [5.74, 6) is 0. The lowest BCUT2D eigenvalue weighted by Gasteiger charge is -2.20. The van der Waals surface area contributed by atoms with Crippen LogP contribution in [0.3, 0.4) is 0 Å². The largest absolute Gasteiger partial charge is 0.379 e. The summed E-state index contributed by atoms with van der Waals surface area (Å²) in [5.41, 5.74) is 0.742. The molecule has 0 atom stereocenters. The fourth-order valence-corrected chi connectivity index (χ4v) is 1.75. The van der Waals surface area contributed by atoms with Gasteiger partial charge in [0, 0.05) is 18.7 Å². The number of benzene rings is 1. The fraction of sp³-hybridized carbons (Fsp3) is 0.571. The van der Waals surface area contributed by atoms with Gasteiger partial charge in [0.05, 0.1) is 4.92 Å². The van der Waals surface area contributed by atoms with E-state index in [1.165, 1.54) is 6.07 Å². The first-order valence-electron chi connectivity index (χ1n) is 6.70. The molecule has 1 N–H and O–H groups in total. The number of nitrogens with one attached hydrogen (secondary N) is 1. The summed E-state index contributed by atoms with van der Waals surface area (Å²) in [6.45, 7) is 6.16. The lowest BCUT2D eigenvalue weighted by molar-refractivity contribution is -0.384. The van der Waals surface area contributed by atoms with E-state index < -0.39 is 0 Å². The van der Waals surface area contributed by atoms with Gasteiger partial charge in [0.15, 0.2) is 0 Å². The maximum atomic E-state index is 10.8. The van der Waals surface area contributed by atoms with Crippen molar-refractivity contribution in [3.63, 3.8) is 0 Å². The molecule has 0 aliphatic rings. The van der Waals surface area contributed by atoms with Crippen LogP contribution in [-0.4, -0.2) is 36.0 Å². The van der Waals surface area contributed by atoms with E-state index >= 15 is 0 Å². The Hall–Kier alpha value is -1.62. The molecule has 1 aromatic rings. The van der Waals surface area contributed by atoms with Crippen molar-refractivity contribution in [2.75, 3.05) is 25.5 Å². The molecule has 0 heterocycles. The minimum Gasteiger partial charge on any atom is -0.379 e. The van der Waals surface area contributed by atoms with E-state index in [4.69, 9.17) is 0 Å². The minimum absolute atomic E-state index is 0.141. The predicted octanol–water partition coefficient (Wildman–Crippen LogP) is 3.13. The number of para-hydroxylation sites is 2. The molecule has 0 saturated carbocycles. The summed E-state index contributed by atoms with van der Waals surface area (Å²) in [4.78, 5) is 12.8. The molecule has 0 amide bonds. The molecule has 5 heteroatoms. The van der Waals surface area contributed by atoms with Gasteiger partial charge in [0.2, 0.25) is 0 Å². The van der Waals surface area contributed by atoms with Crippen molar-refractivity contribution in [3.8, 4) is 0 Å². The van der Waals surface area contributed by atoms with Gasteiger partial charge in [-0.15, -0.1) is 0 Å². The molecule has 0 spiro atoms. The average Bonchev–Trinajstić information content (AvgIpc) is 2.38. The molecule has 0 radical (unpaired) electrons. The molecular weight excluding hydrogens is 242 g/mol. The van der Waals surface area contributed by atoms with Crippen LogP contribution in [0.25, 0.3) is 0 Å². The van der Waals surface area contributed by atoms with E-state index in [-0.39, 0.29) is 10.6 Å². The number of unbranched alkanes of at least 4 members (excludes halogenated alkanes) is 1. The lowest BCUT2D eigenvalue weighted by Crippen LogP contribution is -2.27. The number of nitro groups is 1. The summed E-state index contributed by atoms with van der Waals surface area (Å²) < 4.78 is 0. The number of hydrogen-bond donors (Lipinski definition) is 1. The Morgan fingerprint density at radius 2 is 2.00 bits per heavy atom. The van der Waals surface area contributed by atoms with Crippen molar-refractivity contribution in [3.05, 3.63) is 34.4 Å². The van der Waals surface area contributed by atoms with Gasteiger partial charge in [-0.25, -0.2) is 0 Å². The second kappa shape index (κ2) is 7.74. The third-order valence-electron chi connectivity index (χ3n) is 3.24. The first kappa shape index (κ1) is 15.4. The van der Waals surface area contributed by atoms with E-state index in [1.807, 2.05) is 6.07 Å². The Morgan fingerprint density at radius 1 is 1.32 bits per heavy atom. The average molecular weight is 265 g/mol. The standard InChI is InChI=1S/C14H23N3O2/c1-12(2)16(3)11-7-6-10-15-13-8-4-5-9-14(13)17(18)19/h4-5,8-9,12,15H,6-7,10-11H2,1-3H3. The highest BCUT2D eigenvalue weighted by Crippen LogP contribution is 2.22. The summed E-state index contributed by atoms with van der Waals surface area (Å²) >= 11 is 0. The molecule has 106 valence electrons. The monoisotopic (exact) mass is 265 g/mol. The molecule has 1 rings (SSSR count). The Balaban J connectivity index is 2.32. The number of rotatable bonds is 8. The lowest BCUT2D eigenvalue weighted by atomic mass is 10.2. The van der Waals surface area contributed by atoms with Gasteiger partial charge in [-0.05, 0) is 46.3 Å². The minimum atomic E-state index is -0.352. The second-order valence-electron chi connectivity index (χ2n) is 4.98. The van der Waals surface area contributed by atoms with Gasteiger partial charge in [0.1, 0.15) is 5.69 Å². The maximum absolute atomic E-state index is 10.8. The van der Waals surface area contributed by atoms with Gasteiger partial charge in [0.25, 0.3) is 5.69 Å². The van der Waals surface area contributed by atoms with Crippen molar-refractivity contribution < 1.29 is 4.92 Å². The highest BCUT2D eigenvalue weighted by atomic mass is 16.6. The van der Waals surface area contributed by atoms with Crippen molar-refractivity contribution in [2.24, 2.45) is 0 Å². The zero-order valence-electron chi connectivity index (χ0n) is 11.9. The third kappa shape index (κ3) is 5.26. The summed E-state index contributed by atoms with van der Waals surface area (Å²) in [5, 5.41) is 14.0. The zero-order valence-corrected chi connectivity index (χ0v) is 11.9. The van der Waals surface area contributed by atoms with Gasteiger partial charge < -0.3 is 10.2 Å². The van der Waals surface area contributed by atoms with Crippen LogP contribution >= 0.6 is 0 Å². The fourth-order valence-electron chi connectivity index (χ4n) is 1.75. The van der Waals surface area contributed by atoms with E-state index in [0.29, 0.717) is 11.7 Å². The topological polar surface area (TPSA) is 58.4 Å². The molecule has 0 unspecified atom stereocenters. The highest BCUT2D eigenvalue weighted by Gasteiger charge is 2.11. The van der Waals surface area contributed by atoms with E-state index in [9.17, 15) is 10.1 Å². The Bertz CT molecular complexity index is 407. The first-order valence-corrected chi connectivity index (χ1v) is 6.70. The van der Waals surface area contributed by atoms with Crippen molar-refractivity contribution >= 4 is 11.4 Å². The smallest absolute Gasteiger partial charge is 0.292 e. The summed E-state index contributed by atoms with van der Waals surface area (Å²) in [6, 6.07) is 7.32. The van der Waals surface area contributed by atoms with Crippen LogP contribution in [0.4, 0.5) is 11.4 Å². The normalized spacial score (nSPS) is 11.0. The SMILES string of the molecule is CC(C)N(C)CCCCNc1ccccc1[N+](=O)[O-]. The molecule has 19 heavy (non-hydrogen) atoms. The molecule has 5 nitrogen and oxygen atoms in total. The van der Waals surface area contributed by atoms with Crippen LogP contribution in [-0.2, 0) is 0 Å². The van der Waals surface area contributed by atoms with Crippen molar-refractivity contribution in [1.29, 1.82) is 0 Å². The summed E-state index contributed by atoms with van der Waals surface area (Å²) in [7, 11) is 2.11. The maximum Gasteiger partial charge on any atom is 0.292 e. The van der Waals surface area contributed by atoms with Crippen molar-refractivity contribution in [1.82, 2.24) is 4.90 Å². The molecular formula is C14H23N3O2. The molecule has 0 aliphatic heterocycles. The van der Waals surface area contributed by atoms with Gasteiger partial charge in [-0.3, -0.25) is 10.1 Å². The van der Waals surface area contributed by atoms with Gasteiger partial charge >= 0.3 is 0 Å². The van der Waals surface area contributed by atoms with Crippen LogP contribution in [0.5, 0.6) is 0 Å². The third-order valence-corrected chi connectivity index (χ3v) is 3.24. The second-order valence-corrected chi connectivity index (χ2v) is 4.98. The van der Waals surface area contributed by atoms with Crippen LogP contribution in [0.2, 0.25) is 0 Å². The predicted molar refractivity (Wildman–Crippen MR) is 78.6 cm³/mol. The van der Waals surface area contributed by atoms with Crippen molar-refractivity contribution in [2.45, 2.75) is 32.7 Å². The van der Waals surface area contributed by atoms with Gasteiger partial charge in [-0.2, -0.15) is 0 Å². The molecule has 0 fully saturated rings. The molecule has 1 aromatic carbocycles. The number of anilines is 1. The summed E-state index contributed by atoms with van der Waals surface area (Å²) in [6.07, 6.45) is 2.09. The van der Waals surface area contributed by atoms with Crippen LogP contribution in [0.15, 0.2) is 24.3 Å². The number of hydrogen-bond acceptors (Lipinski definition) is 4. The molecule has 0 aromatic heterocycles. The van der Waals surface area contributed by atoms with Crippen LogP contribution < -0.4 is 5.32 Å². The zero-order chi connectivity index (χ0) is 14.3. The Morgan fingerprint density at radius 3 is 2.63 bits per heavy atom. The Kier molecular flexibility index (Phi) is 6.29. The quantitative estimate of drug-likeness (QED) is 0.445. The highest BCUT2D eigenvalue weighted by molar-refractivity contribution is 5.60. The van der Waals surface area contributed by atoms with Crippen LogP contribution in [0.1, 0.15) is 26.7 Å². The first-order chi connectivity index (χ1) is 9.02. The van der Waals surface area contributed by atoms with Crippen LogP contribution in [0, 0.1) is 10.1 Å². The molecule has 0 aliphatic carbocycles. The molecule has 0 bridgehead atoms. The van der Waals surface area contributed by atoms with E-state index in [2.05, 4.69) is 31.1 Å². The number of nitro benzene ring substituents is 1.